The third-order valence-electron chi connectivity index (χ3n) is 2.69. The summed E-state index contributed by atoms with van der Waals surface area (Å²) in [4.78, 5) is 11.5. The first-order valence-electron chi connectivity index (χ1n) is 5.98. The molecule has 0 heterocycles. The number of carbonyl (C=O) groups excluding carboxylic acids is 1. The molecule has 0 saturated carbocycles. The van der Waals surface area contributed by atoms with Gasteiger partial charge in [-0.15, -0.1) is 0 Å². The molecule has 1 unspecified atom stereocenters. The van der Waals surface area contributed by atoms with Gasteiger partial charge < -0.3 is 4.74 Å². The highest BCUT2D eigenvalue weighted by molar-refractivity contribution is 5.80. The fourth-order valence-electron chi connectivity index (χ4n) is 1.66. The highest BCUT2D eigenvalue weighted by Gasteiger charge is 2.36. The van der Waals surface area contributed by atoms with Gasteiger partial charge >= 0.3 is 5.97 Å². The summed E-state index contributed by atoms with van der Waals surface area (Å²) in [7, 11) is 0. The van der Waals surface area contributed by atoms with Crippen LogP contribution in [-0.2, 0) is 21.6 Å². The molecule has 0 aliphatic carbocycles. The van der Waals surface area contributed by atoms with Crippen molar-refractivity contribution in [3.63, 3.8) is 0 Å². The molecule has 0 saturated heterocycles. The lowest BCUT2D eigenvalue weighted by Crippen LogP contribution is -2.29. The van der Waals surface area contributed by atoms with E-state index in [9.17, 15) is 9.18 Å². The van der Waals surface area contributed by atoms with E-state index in [4.69, 9.17) is 4.74 Å². The van der Waals surface area contributed by atoms with Crippen molar-refractivity contribution in [1.29, 1.82) is 0 Å². The van der Waals surface area contributed by atoms with Crippen LogP contribution in [0.15, 0.2) is 24.3 Å². The molecule has 0 amide bonds. The van der Waals surface area contributed by atoms with Gasteiger partial charge in [0.25, 0.3) is 0 Å². The number of rotatable bonds is 5. The van der Waals surface area contributed by atoms with Crippen LogP contribution >= 0.6 is 0 Å². The lowest BCUT2D eigenvalue weighted by atomic mass is 9.96. The molecule has 94 valence electrons. The predicted molar refractivity (Wildman–Crippen MR) is 65.5 cm³/mol. The maximum Gasteiger partial charge on any atom is 0.348 e. The zero-order valence-corrected chi connectivity index (χ0v) is 10.6. The van der Waals surface area contributed by atoms with Gasteiger partial charge in [-0.1, -0.05) is 37.6 Å². The number of alkyl halides is 1. The normalized spacial score (nSPS) is 14.1. The van der Waals surface area contributed by atoms with Crippen molar-refractivity contribution >= 4 is 5.97 Å². The Kier molecular flexibility index (Phi) is 4.67. The van der Waals surface area contributed by atoms with Gasteiger partial charge in [0.05, 0.1) is 6.61 Å². The van der Waals surface area contributed by atoms with Crippen molar-refractivity contribution in [1.82, 2.24) is 0 Å². The van der Waals surface area contributed by atoms with E-state index in [0.29, 0.717) is 5.56 Å². The molecule has 0 aromatic heterocycles. The number of aryl methyl sites for hydroxylation is 1. The Bertz CT molecular complexity index is 368. The summed E-state index contributed by atoms with van der Waals surface area (Å²) in [6, 6.07) is 7.02. The summed E-state index contributed by atoms with van der Waals surface area (Å²) in [5.74, 6) is -0.830. The van der Waals surface area contributed by atoms with Gasteiger partial charge in [0, 0.05) is 5.56 Å². The first kappa shape index (κ1) is 13.7. The maximum atomic E-state index is 14.2. The summed E-state index contributed by atoms with van der Waals surface area (Å²) >= 11 is 0. The summed E-state index contributed by atoms with van der Waals surface area (Å²) < 4.78 is 19.0. The Morgan fingerprint density at radius 3 is 2.35 bits per heavy atom. The SMILES string of the molecule is CCCc1ccc(C(C)(F)C(=O)OCC)cc1. The van der Waals surface area contributed by atoms with Crippen LogP contribution in [0.1, 0.15) is 38.3 Å². The average molecular weight is 238 g/mol. The maximum absolute atomic E-state index is 14.2. The monoisotopic (exact) mass is 238 g/mol. The molecule has 0 aliphatic rings. The number of hydrogen-bond donors (Lipinski definition) is 0. The Morgan fingerprint density at radius 1 is 1.29 bits per heavy atom. The summed E-state index contributed by atoms with van der Waals surface area (Å²) in [5, 5.41) is 0. The number of hydrogen-bond acceptors (Lipinski definition) is 2. The third kappa shape index (κ3) is 3.29. The molecule has 0 radical (unpaired) electrons. The molecular formula is C14H19FO2. The zero-order valence-electron chi connectivity index (χ0n) is 10.6. The summed E-state index contributed by atoms with van der Waals surface area (Å²) in [6.45, 7) is 5.18. The van der Waals surface area contributed by atoms with Crippen molar-refractivity contribution in [3.05, 3.63) is 35.4 Å². The van der Waals surface area contributed by atoms with Crippen LogP contribution in [-0.4, -0.2) is 12.6 Å². The molecule has 1 atom stereocenters. The topological polar surface area (TPSA) is 26.3 Å². The molecule has 0 spiro atoms. The molecule has 17 heavy (non-hydrogen) atoms. The van der Waals surface area contributed by atoms with Crippen LogP contribution in [0.4, 0.5) is 4.39 Å². The number of halogens is 1. The smallest absolute Gasteiger partial charge is 0.348 e. The first-order chi connectivity index (χ1) is 8.02. The molecule has 1 aromatic carbocycles. The lowest BCUT2D eigenvalue weighted by Gasteiger charge is -2.18. The quantitative estimate of drug-likeness (QED) is 0.735. The van der Waals surface area contributed by atoms with Gasteiger partial charge in [0.15, 0.2) is 0 Å². The predicted octanol–water partition coefficient (Wildman–Crippen LogP) is 3.39. The van der Waals surface area contributed by atoms with E-state index in [1.54, 1.807) is 19.1 Å². The van der Waals surface area contributed by atoms with E-state index < -0.39 is 11.6 Å². The summed E-state index contributed by atoms with van der Waals surface area (Å²) in [5.41, 5.74) is -0.576. The van der Waals surface area contributed by atoms with E-state index in [2.05, 4.69) is 6.92 Å². The minimum absolute atomic E-state index is 0.187. The van der Waals surface area contributed by atoms with Crippen molar-refractivity contribution in [2.75, 3.05) is 6.61 Å². The average Bonchev–Trinajstić information content (AvgIpc) is 2.30. The second kappa shape index (κ2) is 5.80. The number of esters is 1. The fraction of sp³-hybridized carbons (Fsp3) is 0.500. The molecule has 2 nitrogen and oxygen atoms in total. The van der Waals surface area contributed by atoms with Gasteiger partial charge in [0.2, 0.25) is 5.67 Å². The van der Waals surface area contributed by atoms with E-state index >= 15 is 0 Å². The highest BCUT2D eigenvalue weighted by atomic mass is 19.1. The number of benzene rings is 1. The van der Waals surface area contributed by atoms with Crippen molar-refractivity contribution in [2.24, 2.45) is 0 Å². The molecule has 3 heteroatoms. The van der Waals surface area contributed by atoms with Crippen LogP contribution in [0, 0.1) is 0 Å². The van der Waals surface area contributed by atoms with Crippen LogP contribution in [0.25, 0.3) is 0 Å². The van der Waals surface area contributed by atoms with Crippen LogP contribution in [0.5, 0.6) is 0 Å². The Balaban J connectivity index is 2.87. The second-order valence-electron chi connectivity index (χ2n) is 4.17. The van der Waals surface area contributed by atoms with Crippen LogP contribution in [0.3, 0.4) is 0 Å². The van der Waals surface area contributed by atoms with Crippen LogP contribution in [0.2, 0.25) is 0 Å². The Morgan fingerprint density at radius 2 is 1.88 bits per heavy atom. The van der Waals surface area contributed by atoms with E-state index in [1.807, 2.05) is 12.1 Å². The molecule has 1 rings (SSSR count). The van der Waals surface area contributed by atoms with Crippen molar-refractivity contribution in [3.8, 4) is 0 Å². The van der Waals surface area contributed by atoms with Gasteiger partial charge in [-0.05, 0) is 25.8 Å². The van der Waals surface area contributed by atoms with Crippen molar-refractivity contribution in [2.45, 2.75) is 39.3 Å². The molecular weight excluding hydrogens is 219 g/mol. The van der Waals surface area contributed by atoms with Gasteiger partial charge in [-0.25, -0.2) is 9.18 Å². The highest BCUT2D eigenvalue weighted by Crippen LogP contribution is 2.27. The molecule has 0 aliphatic heterocycles. The minimum atomic E-state index is -2.07. The third-order valence-corrected chi connectivity index (χ3v) is 2.69. The van der Waals surface area contributed by atoms with Crippen molar-refractivity contribution < 1.29 is 13.9 Å². The van der Waals surface area contributed by atoms with E-state index in [0.717, 1.165) is 18.4 Å². The zero-order chi connectivity index (χ0) is 12.9. The van der Waals surface area contributed by atoms with Gasteiger partial charge in [-0.2, -0.15) is 0 Å². The number of ether oxygens (including phenoxy) is 1. The first-order valence-corrected chi connectivity index (χ1v) is 5.98. The molecule has 1 aromatic rings. The van der Waals surface area contributed by atoms with E-state index in [-0.39, 0.29) is 6.61 Å². The Labute approximate surface area is 102 Å². The fourth-order valence-corrected chi connectivity index (χ4v) is 1.66. The van der Waals surface area contributed by atoms with E-state index in [1.165, 1.54) is 6.92 Å². The second-order valence-corrected chi connectivity index (χ2v) is 4.17. The standard InChI is InChI=1S/C14H19FO2/c1-4-6-11-7-9-12(10-8-11)14(3,15)13(16)17-5-2/h7-10H,4-6H2,1-3H3. The summed E-state index contributed by atoms with van der Waals surface area (Å²) in [6.07, 6.45) is 2.01. The molecule has 0 fully saturated rings. The van der Waals surface area contributed by atoms with Gasteiger partial charge in [0.1, 0.15) is 0 Å². The molecule has 0 N–H and O–H groups in total. The largest absolute Gasteiger partial charge is 0.463 e. The van der Waals surface area contributed by atoms with Crippen LogP contribution < -0.4 is 0 Å². The lowest BCUT2D eigenvalue weighted by molar-refractivity contribution is -0.156. The molecule has 0 bridgehead atoms. The Hall–Kier alpha value is -1.38. The minimum Gasteiger partial charge on any atom is -0.463 e. The van der Waals surface area contributed by atoms with Gasteiger partial charge in [-0.3, -0.25) is 0 Å². The number of carbonyl (C=O) groups is 1.